The predicted octanol–water partition coefficient (Wildman–Crippen LogP) is 3.90. The first-order valence-electron chi connectivity index (χ1n) is 8.09. The molecule has 0 saturated carbocycles. The molecule has 1 N–H and O–H groups in total. The molecule has 25 heavy (non-hydrogen) atoms. The van der Waals surface area contributed by atoms with Crippen LogP contribution in [0.3, 0.4) is 0 Å². The van der Waals surface area contributed by atoms with Crippen molar-refractivity contribution in [2.24, 2.45) is 4.99 Å². The lowest BCUT2D eigenvalue weighted by Crippen LogP contribution is -2.39. The summed E-state index contributed by atoms with van der Waals surface area (Å²) in [5, 5.41) is 3.27. The lowest BCUT2D eigenvalue weighted by Gasteiger charge is -2.23. The standard InChI is InChI=1S/C17H24F3N3O.HI/c1-21-16(22-10-9-15-4-3-11-24-15)23(2)12-13-5-7-14(8-6-13)17(18,19)20;/h5-8,15H,3-4,9-12H2,1-2H3,(H,21,22);1H. The number of ether oxygens (including phenoxy) is 1. The van der Waals surface area contributed by atoms with E-state index in [1.165, 1.54) is 12.1 Å². The molecule has 142 valence electrons. The molecule has 0 amide bonds. The second-order valence-electron chi connectivity index (χ2n) is 5.95. The predicted molar refractivity (Wildman–Crippen MR) is 103 cm³/mol. The van der Waals surface area contributed by atoms with Gasteiger partial charge in [0, 0.05) is 33.8 Å². The Labute approximate surface area is 163 Å². The topological polar surface area (TPSA) is 36.9 Å². The molecule has 4 nitrogen and oxygen atoms in total. The van der Waals surface area contributed by atoms with Gasteiger partial charge in [0.2, 0.25) is 0 Å². The van der Waals surface area contributed by atoms with Crippen molar-refractivity contribution < 1.29 is 17.9 Å². The number of aliphatic imine (C=N–C) groups is 1. The van der Waals surface area contributed by atoms with Gasteiger partial charge in [-0.3, -0.25) is 4.99 Å². The lowest BCUT2D eigenvalue weighted by atomic mass is 10.1. The zero-order valence-corrected chi connectivity index (χ0v) is 16.8. The average Bonchev–Trinajstić information content (AvgIpc) is 3.04. The number of rotatable bonds is 5. The van der Waals surface area contributed by atoms with E-state index in [2.05, 4.69) is 10.3 Å². The molecule has 2 rings (SSSR count). The van der Waals surface area contributed by atoms with E-state index in [0.29, 0.717) is 18.6 Å². The molecular formula is C17H25F3IN3O. The summed E-state index contributed by atoms with van der Waals surface area (Å²) in [6.45, 7) is 2.08. The number of guanidine groups is 1. The summed E-state index contributed by atoms with van der Waals surface area (Å²) >= 11 is 0. The van der Waals surface area contributed by atoms with E-state index in [1.54, 1.807) is 7.05 Å². The van der Waals surface area contributed by atoms with Crippen LogP contribution in [0.5, 0.6) is 0 Å². The van der Waals surface area contributed by atoms with Gasteiger partial charge in [-0.2, -0.15) is 13.2 Å². The van der Waals surface area contributed by atoms with Crippen LogP contribution in [0, 0.1) is 0 Å². The molecule has 1 fully saturated rings. The van der Waals surface area contributed by atoms with Crippen molar-refractivity contribution in [2.45, 2.75) is 38.1 Å². The second-order valence-corrected chi connectivity index (χ2v) is 5.95. The number of hydrogen-bond donors (Lipinski definition) is 1. The van der Waals surface area contributed by atoms with Crippen LogP contribution in [-0.4, -0.2) is 44.2 Å². The van der Waals surface area contributed by atoms with Gasteiger partial charge in [-0.25, -0.2) is 0 Å². The van der Waals surface area contributed by atoms with E-state index >= 15 is 0 Å². The highest BCUT2D eigenvalue weighted by atomic mass is 127. The number of benzene rings is 1. The summed E-state index contributed by atoms with van der Waals surface area (Å²) in [5.74, 6) is 0.716. The van der Waals surface area contributed by atoms with Crippen molar-refractivity contribution in [3.8, 4) is 0 Å². The van der Waals surface area contributed by atoms with E-state index in [1.807, 2.05) is 11.9 Å². The van der Waals surface area contributed by atoms with Gasteiger partial charge in [-0.1, -0.05) is 12.1 Å². The quantitative estimate of drug-likeness (QED) is 0.402. The summed E-state index contributed by atoms with van der Waals surface area (Å²) in [7, 11) is 3.55. The minimum Gasteiger partial charge on any atom is -0.378 e. The van der Waals surface area contributed by atoms with Gasteiger partial charge in [0.05, 0.1) is 11.7 Å². The minimum atomic E-state index is -4.30. The van der Waals surface area contributed by atoms with Crippen LogP contribution >= 0.6 is 24.0 Å². The minimum absolute atomic E-state index is 0. The molecule has 0 aliphatic carbocycles. The molecule has 1 unspecified atom stereocenters. The third-order valence-corrected chi connectivity index (χ3v) is 4.05. The van der Waals surface area contributed by atoms with E-state index in [9.17, 15) is 13.2 Å². The van der Waals surface area contributed by atoms with Crippen molar-refractivity contribution in [2.75, 3.05) is 27.2 Å². The maximum absolute atomic E-state index is 12.6. The number of halogens is 4. The number of nitrogens with one attached hydrogen (secondary N) is 1. The third-order valence-electron chi connectivity index (χ3n) is 4.05. The number of nitrogens with zero attached hydrogens (tertiary/aromatic N) is 2. The van der Waals surface area contributed by atoms with E-state index in [4.69, 9.17) is 4.74 Å². The second kappa shape index (κ2) is 10.2. The highest BCUT2D eigenvalue weighted by molar-refractivity contribution is 14.0. The maximum atomic E-state index is 12.6. The smallest absolute Gasteiger partial charge is 0.378 e. The first-order chi connectivity index (χ1) is 11.4. The molecule has 0 spiro atoms. The van der Waals surface area contributed by atoms with Crippen LogP contribution in [0.15, 0.2) is 29.3 Å². The van der Waals surface area contributed by atoms with E-state index < -0.39 is 11.7 Å². The average molecular weight is 471 g/mol. The van der Waals surface area contributed by atoms with Gasteiger partial charge in [0.1, 0.15) is 0 Å². The number of alkyl halides is 3. The van der Waals surface area contributed by atoms with Crippen molar-refractivity contribution in [3.63, 3.8) is 0 Å². The summed E-state index contributed by atoms with van der Waals surface area (Å²) in [4.78, 5) is 6.10. The highest BCUT2D eigenvalue weighted by Crippen LogP contribution is 2.29. The Kier molecular flexibility index (Phi) is 8.98. The fraction of sp³-hybridized carbons (Fsp3) is 0.588. The normalized spacial score (nSPS) is 18.0. The maximum Gasteiger partial charge on any atom is 0.416 e. The Bertz CT molecular complexity index is 543. The third kappa shape index (κ3) is 7.01. The monoisotopic (exact) mass is 471 g/mol. The van der Waals surface area contributed by atoms with Gasteiger partial charge < -0.3 is 15.0 Å². The lowest BCUT2D eigenvalue weighted by molar-refractivity contribution is -0.137. The van der Waals surface area contributed by atoms with E-state index in [0.717, 1.165) is 50.1 Å². The fourth-order valence-electron chi connectivity index (χ4n) is 2.75. The Morgan fingerprint density at radius 2 is 2.00 bits per heavy atom. The van der Waals surface area contributed by atoms with Gasteiger partial charge in [-0.05, 0) is 37.0 Å². The Morgan fingerprint density at radius 1 is 1.32 bits per heavy atom. The largest absolute Gasteiger partial charge is 0.416 e. The van der Waals surface area contributed by atoms with Crippen LogP contribution in [0.1, 0.15) is 30.4 Å². The van der Waals surface area contributed by atoms with Gasteiger partial charge >= 0.3 is 6.18 Å². The Balaban J connectivity index is 0.00000312. The van der Waals surface area contributed by atoms with Crippen molar-refractivity contribution in [3.05, 3.63) is 35.4 Å². The van der Waals surface area contributed by atoms with Crippen LogP contribution in [0.2, 0.25) is 0 Å². The SMILES string of the molecule is CN=C(NCCC1CCCO1)N(C)Cc1ccc(C(F)(F)F)cc1.I. The van der Waals surface area contributed by atoms with Crippen molar-refractivity contribution in [1.29, 1.82) is 0 Å². The molecule has 0 aromatic heterocycles. The van der Waals surface area contributed by atoms with Gasteiger partial charge in [0.15, 0.2) is 5.96 Å². The van der Waals surface area contributed by atoms with Crippen LogP contribution in [-0.2, 0) is 17.5 Å². The first kappa shape index (κ1) is 22.0. The molecule has 1 atom stereocenters. The summed E-state index contributed by atoms with van der Waals surface area (Å²) in [6, 6.07) is 5.21. The van der Waals surface area contributed by atoms with Gasteiger partial charge in [-0.15, -0.1) is 24.0 Å². The molecule has 1 heterocycles. The zero-order valence-electron chi connectivity index (χ0n) is 14.5. The summed E-state index contributed by atoms with van der Waals surface area (Å²) in [6.07, 6.45) is -0.845. The molecule has 8 heteroatoms. The fourth-order valence-corrected chi connectivity index (χ4v) is 2.75. The molecule has 1 aromatic rings. The molecule has 0 bridgehead atoms. The molecule has 1 aromatic carbocycles. The van der Waals surface area contributed by atoms with Gasteiger partial charge in [0.25, 0.3) is 0 Å². The zero-order chi connectivity index (χ0) is 17.6. The van der Waals surface area contributed by atoms with Crippen LogP contribution in [0.4, 0.5) is 13.2 Å². The van der Waals surface area contributed by atoms with Crippen LogP contribution < -0.4 is 5.32 Å². The molecular weight excluding hydrogens is 446 g/mol. The summed E-state index contributed by atoms with van der Waals surface area (Å²) in [5.41, 5.74) is 0.167. The van der Waals surface area contributed by atoms with E-state index in [-0.39, 0.29) is 24.0 Å². The Morgan fingerprint density at radius 3 is 2.52 bits per heavy atom. The molecule has 1 aliphatic heterocycles. The Hall–Kier alpha value is -1.03. The van der Waals surface area contributed by atoms with Crippen molar-refractivity contribution in [1.82, 2.24) is 10.2 Å². The first-order valence-corrected chi connectivity index (χ1v) is 8.09. The van der Waals surface area contributed by atoms with Crippen molar-refractivity contribution >= 4 is 29.9 Å². The molecule has 0 radical (unpaired) electrons. The molecule has 1 aliphatic rings. The molecule has 1 saturated heterocycles. The number of hydrogen-bond acceptors (Lipinski definition) is 2. The summed E-state index contributed by atoms with van der Waals surface area (Å²) < 4.78 is 43.3. The highest BCUT2D eigenvalue weighted by Gasteiger charge is 2.29. The van der Waals surface area contributed by atoms with Crippen LogP contribution in [0.25, 0.3) is 0 Å².